The maximum absolute atomic E-state index is 12.4. The summed E-state index contributed by atoms with van der Waals surface area (Å²) in [7, 11) is 1.82. The van der Waals surface area contributed by atoms with Gasteiger partial charge in [0, 0.05) is 25.2 Å². The Morgan fingerprint density at radius 2 is 2.13 bits per heavy atom. The van der Waals surface area contributed by atoms with E-state index >= 15 is 0 Å². The minimum Gasteiger partial charge on any atom is -0.591 e. The van der Waals surface area contributed by atoms with Gasteiger partial charge in [0.25, 0.3) is 0 Å². The van der Waals surface area contributed by atoms with Gasteiger partial charge < -0.3 is 9.29 Å². The quantitative estimate of drug-likeness (QED) is 0.434. The van der Waals surface area contributed by atoms with Gasteiger partial charge in [-0.1, -0.05) is 11.3 Å². The Morgan fingerprint density at radius 1 is 1.48 bits per heavy atom. The second-order valence-electron chi connectivity index (χ2n) is 6.62. The molecular formula is C16H27N3O3S. The van der Waals surface area contributed by atoms with E-state index in [-0.39, 0.29) is 11.9 Å². The van der Waals surface area contributed by atoms with Gasteiger partial charge in [0.05, 0.1) is 12.8 Å². The first-order valence-electron chi connectivity index (χ1n) is 7.77. The van der Waals surface area contributed by atoms with Crippen LogP contribution < -0.4 is 0 Å². The van der Waals surface area contributed by atoms with Crippen LogP contribution in [0, 0.1) is 5.92 Å². The molecule has 0 unspecified atom stereocenters. The molecule has 0 spiro atoms. The third kappa shape index (κ3) is 6.74. The molecular weight excluding hydrogens is 314 g/mol. The van der Waals surface area contributed by atoms with Crippen LogP contribution in [0.4, 0.5) is 0 Å². The largest absolute Gasteiger partial charge is 0.591 e. The Bertz CT molecular complexity index is 549. The average molecular weight is 341 g/mol. The monoisotopic (exact) mass is 341 g/mol. The van der Waals surface area contributed by atoms with Crippen molar-refractivity contribution in [3.05, 3.63) is 18.0 Å². The first kappa shape index (κ1) is 19.7. The van der Waals surface area contributed by atoms with E-state index < -0.39 is 16.1 Å². The van der Waals surface area contributed by atoms with Crippen molar-refractivity contribution in [2.24, 2.45) is 17.4 Å². The molecule has 7 heteroatoms. The maximum Gasteiger partial charge on any atom is 0.306 e. The summed E-state index contributed by atoms with van der Waals surface area (Å²) in [6.07, 6.45) is 4.41. The van der Waals surface area contributed by atoms with E-state index in [1.54, 1.807) is 17.8 Å². The van der Waals surface area contributed by atoms with Crippen LogP contribution >= 0.6 is 0 Å². The first-order valence-corrected chi connectivity index (χ1v) is 8.88. The fraction of sp³-hybridized carbons (Fsp3) is 0.688. The number of rotatable bonds is 7. The van der Waals surface area contributed by atoms with Crippen LogP contribution in [0.2, 0.25) is 0 Å². The van der Waals surface area contributed by atoms with Crippen molar-refractivity contribution in [2.75, 3.05) is 6.61 Å². The van der Waals surface area contributed by atoms with E-state index in [0.717, 1.165) is 5.56 Å². The summed E-state index contributed by atoms with van der Waals surface area (Å²) >= 11 is -1.36. The summed E-state index contributed by atoms with van der Waals surface area (Å²) in [4.78, 5) is 11.6. The SMILES string of the molecule is CCOC(=O)C[C@@H](C)C/C(=N/[S@+]([O-])C(C)(C)C)c1cnn(C)c1. The standard InChI is InChI=1S/C16H27N3O3S/c1-7-22-15(20)9-12(2)8-14(13-10-17-19(6)11-13)18-23(21)16(3,4)5/h10-12H,7-9H2,1-6H3/b18-14-/t12-,23+/m0/s1. The molecule has 0 radical (unpaired) electrons. The number of carbonyl (C=O) groups excluding carboxylic acids is 1. The topological polar surface area (TPSA) is 79.5 Å². The third-order valence-corrected chi connectivity index (χ3v) is 4.55. The summed E-state index contributed by atoms with van der Waals surface area (Å²) in [6.45, 7) is 9.78. The number of hydrogen-bond acceptors (Lipinski definition) is 5. The van der Waals surface area contributed by atoms with Gasteiger partial charge in [-0.05, 0) is 40.0 Å². The highest BCUT2D eigenvalue weighted by Gasteiger charge is 2.28. The van der Waals surface area contributed by atoms with Gasteiger partial charge in [-0.2, -0.15) is 5.10 Å². The molecule has 0 aliphatic rings. The highest BCUT2D eigenvalue weighted by Crippen LogP contribution is 2.21. The predicted molar refractivity (Wildman–Crippen MR) is 92.7 cm³/mol. The molecule has 0 saturated carbocycles. The van der Waals surface area contributed by atoms with Gasteiger partial charge in [-0.15, -0.1) is 0 Å². The lowest BCUT2D eigenvalue weighted by Crippen LogP contribution is -2.27. The van der Waals surface area contributed by atoms with Crippen LogP contribution in [0.15, 0.2) is 16.8 Å². The zero-order chi connectivity index (χ0) is 17.6. The molecule has 0 N–H and O–H groups in total. The molecule has 0 saturated heterocycles. The molecule has 0 aliphatic heterocycles. The summed E-state index contributed by atoms with van der Waals surface area (Å²) in [5, 5.41) is 4.15. The number of ether oxygens (including phenoxy) is 1. The predicted octanol–water partition coefficient (Wildman–Crippen LogP) is 2.65. The summed E-state index contributed by atoms with van der Waals surface area (Å²) in [6, 6.07) is 0. The molecule has 6 nitrogen and oxygen atoms in total. The van der Waals surface area contributed by atoms with Crippen LogP contribution in [0.5, 0.6) is 0 Å². The Balaban J connectivity index is 2.92. The van der Waals surface area contributed by atoms with Crippen molar-refractivity contribution in [1.29, 1.82) is 0 Å². The van der Waals surface area contributed by atoms with Gasteiger partial charge in [0.2, 0.25) is 0 Å². The molecule has 0 amide bonds. The smallest absolute Gasteiger partial charge is 0.306 e. The third-order valence-electron chi connectivity index (χ3n) is 3.12. The van der Waals surface area contributed by atoms with E-state index in [4.69, 9.17) is 4.74 Å². The maximum atomic E-state index is 12.4. The van der Waals surface area contributed by atoms with E-state index in [9.17, 15) is 9.35 Å². The van der Waals surface area contributed by atoms with Crippen LogP contribution in [-0.4, -0.2) is 37.4 Å². The van der Waals surface area contributed by atoms with E-state index in [0.29, 0.717) is 25.2 Å². The number of aryl methyl sites for hydroxylation is 1. The van der Waals surface area contributed by atoms with Crippen molar-refractivity contribution in [3.8, 4) is 0 Å². The van der Waals surface area contributed by atoms with E-state index in [2.05, 4.69) is 9.50 Å². The fourth-order valence-electron chi connectivity index (χ4n) is 1.92. The van der Waals surface area contributed by atoms with Crippen molar-refractivity contribution >= 4 is 23.0 Å². The van der Waals surface area contributed by atoms with E-state index in [1.807, 2.05) is 40.9 Å². The molecule has 1 aromatic rings. The normalized spacial score (nSPS) is 15.3. The van der Waals surface area contributed by atoms with Crippen LogP contribution in [-0.2, 0) is 27.9 Å². The first-order chi connectivity index (χ1) is 10.6. The summed E-state index contributed by atoms with van der Waals surface area (Å²) < 4.78 is 23.0. The van der Waals surface area contributed by atoms with Crippen LogP contribution in [0.3, 0.4) is 0 Å². The summed E-state index contributed by atoms with van der Waals surface area (Å²) in [5.74, 6) is -0.174. The molecule has 0 bridgehead atoms. The van der Waals surface area contributed by atoms with Crippen LogP contribution in [0.1, 0.15) is 53.0 Å². The van der Waals surface area contributed by atoms with Crippen molar-refractivity contribution in [1.82, 2.24) is 9.78 Å². The lowest BCUT2D eigenvalue weighted by Gasteiger charge is -2.20. The molecule has 0 fully saturated rings. The van der Waals surface area contributed by atoms with Crippen molar-refractivity contribution in [3.63, 3.8) is 0 Å². The zero-order valence-electron chi connectivity index (χ0n) is 14.8. The lowest BCUT2D eigenvalue weighted by atomic mass is 9.98. The van der Waals surface area contributed by atoms with E-state index in [1.165, 1.54) is 0 Å². The van der Waals surface area contributed by atoms with Crippen molar-refractivity contribution < 1.29 is 14.1 Å². The van der Waals surface area contributed by atoms with Crippen molar-refractivity contribution in [2.45, 2.75) is 52.2 Å². The molecule has 130 valence electrons. The van der Waals surface area contributed by atoms with Gasteiger partial charge in [0.15, 0.2) is 0 Å². The minimum absolute atomic E-state index is 0.0463. The second kappa shape index (κ2) is 8.49. The number of hydrogen-bond donors (Lipinski definition) is 0. The molecule has 23 heavy (non-hydrogen) atoms. The molecule has 0 aliphatic carbocycles. The lowest BCUT2D eigenvalue weighted by molar-refractivity contribution is -0.144. The molecule has 0 aromatic carbocycles. The zero-order valence-corrected chi connectivity index (χ0v) is 15.6. The van der Waals surface area contributed by atoms with Gasteiger partial charge in [-0.3, -0.25) is 9.48 Å². The highest BCUT2D eigenvalue weighted by atomic mass is 32.2. The van der Waals surface area contributed by atoms with Gasteiger partial charge in [0.1, 0.15) is 21.8 Å². The average Bonchev–Trinajstić information content (AvgIpc) is 2.83. The minimum atomic E-state index is -1.36. The molecule has 2 atom stereocenters. The number of nitrogens with zero attached hydrogens (tertiary/aromatic N) is 3. The number of aromatic nitrogens is 2. The molecule has 1 aromatic heterocycles. The fourth-order valence-corrected chi connectivity index (χ4v) is 2.58. The highest BCUT2D eigenvalue weighted by molar-refractivity contribution is 7.91. The Labute approximate surface area is 141 Å². The second-order valence-corrected chi connectivity index (χ2v) is 8.53. The Morgan fingerprint density at radius 3 is 2.61 bits per heavy atom. The molecule has 1 heterocycles. The van der Waals surface area contributed by atoms with Gasteiger partial charge in [-0.25, -0.2) is 0 Å². The summed E-state index contributed by atoms with van der Waals surface area (Å²) in [5.41, 5.74) is 1.55. The number of esters is 1. The number of carbonyl (C=O) groups is 1. The molecule has 1 rings (SSSR count). The Kier molecular flexibility index (Phi) is 7.28. The Hall–Kier alpha value is -1.34. The van der Waals surface area contributed by atoms with Gasteiger partial charge >= 0.3 is 5.97 Å². The van der Waals surface area contributed by atoms with Crippen LogP contribution in [0.25, 0.3) is 0 Å².